The molecule has 3 nitrogen and oxygen atoms in total. The highest BCUT2D eigenvalue weighted by Crippen LogP contribution is 2.25. The van der Waals surface area contributed by atoms with Gasteiger partial charge in [0.25, 0.3) is 0 Å². The molecular weight excluding hydrogens is 166 g/mol. The number of carbonyl (C=O) groups is 1. The number of hydrogen-bond donors (Lipinski definition) is 2. The molecule has 1 fully saturated rings. The van der Waals surface area contributed by atoms with Gasteiger partial charge in [0, 0.05) is 18.2 Å². The van der Waals surface area contributed by atoms with Gasteiger partial charge in [0.2, 0.25) is 0 Å². The highest BCUT2D eigenvalue weighted by atomic mass is 16.4. The third kappa shape index (κ3) is 3.19. The summed E-state index contributed by atoms with van der Waals surface area (Å²) >= 11 is 0. The first-order valence-electron chi connectivity index (χ1n) is 4.73. The van der Waals surface area contributed by atoms with Crippen molar-refractivity contribution in [3.63, 3.8) is 0 Å². The van der Waals surface area contributed by atoms with E-state index in [0.29, 0.717) is 18.2 Å². The Balaban J connectivity index is 2.13. The topological polar surface area (TPSA) is 49.3 Å². The minimum atomic E-state index is -0.830. The normalized spacial score (nSPS) is 28.3. The van der Waals surface area contributed by atoms with Crippen LogP contribution in [0, 0.1) is 5.92 Å². The molecule has 1 saturated carbocycles. The molecule has 0 saturated heterocycles. The number of carboxylic acids is 1. The summed E-state index contributed by atoms with van der Waals surface area (Å²) < 4.78 is 0. The molecule has 0 atom stereocenters. The van der Waals surface area contributed by atoms with Crippen molar-refractivity contribution < 1.29 is 9.90 Å². The van der Waals surface area contributed by atoms with Gasteiger partial charge in [-0.05, 0) is 25.7 Å². The SMILES string of the molecule is C/C(=C/CNC1CC(C)C1)C(=O)O. The van der Waals surface area contributed by atoms with Gasteiger partial charge in [-0.15, -0.1) is 0 Å². The van der Waals surface area contributed by atoms with Crippen LogP contribution in [0.4, 0.5) is 0 Å². The summed E-state index contributed by atoms with van der Waals surface area (Å²) in [6, 6.07) is 0.604. The van der Waals surface area contributed by atoms with Gasteiger partial charge in [0.1, 0.15) is 0 Å². The van der Waals surface area contributed by atoms with Crippen molar-refractivity contribution in [2.75, 3.05) is 6.54 Å². The minimum absolute atomic E-state index is 0.417. The molecule has 0 aromatic heterocycles. The summed E-state index contributed by atoms with van der Waals surface area (Å²) in [5.74, 6) is 0.00540. The average Bonchev–Trinajstić information content (AvgIpc) is 2.00. The number of carboxylic acid groups (broad SMARTS) is 1. The fraction of sp³-hybridized carbons (Fsp3) is 0.700. The number of aliphatic carboxylic acids is 1. The van der Waals surface area contributed by atoms with Gasteiger partial charge in [-0.1, -0.05) is 13.0 Å². The minimum Gasteiger partial charge on any atom is -0.478 e. The monoisotopic (exact) mass is 183 g/mol. The van der Waals surface area contributed by atoms with Crippen LogP contribution in [0.15, 0.2) is 11.6 Å². The zero-order chi connectivity index (χ0) is 9.84. The fourth-order valence-corrected chi connectivity index (χ4v) is 1.54. The van der Waals surface area contributed by atoms with Crippen molar-refractivity contribution in [2.24, 2.45) is 5.92 Å². The van der Waals surface area contributed by atoms with Crippen LogP contribution in [0.1, 0.15) is 26.7 Å². The molecule has 0 heterocycles. The Morgan fingerprint density at radius 2 is 2.23 bits per heavy atom. The number of hydrogen-bond acceptors (Lipinski definition) is 2. The van der Waals surface area contributed by atoms with Gasteiger partial charge in [0.05, 0.1) is 0 Å². The van der Waals surface area contributed by atoms with Crippen molar-refractivity contribution in [1.29, 1.82) is 0 Å². The Hall–Kier alpha value is -0.830. The largest absolute Gasteiger partial charge is 0.478 e. The molecule has 0 bridgehead atoms. The molecular formula is C10H17NO2. The third-order valence-electron chi connectivity index (χ3n) is 2.53. The first kappa shape index (κ1) is 10.3. The van der Waals surface area contributed by atoms with Gasteiger partial charge in [-0.3, -0.25) is 0 Å². The molecule has 0 amide bonds. The highest BCUT2D eigenvalue weighted by Gasteiger charge is 2.23. The van der Waals surface area contributed by atoms with Gasteiger partial charge in [-0.2, -0.15) is 0 Å². The highest BCUT2D eigenvalue weighted by molar-refractivity contribution is 5.85. The molecule has 0 unspecified atom stereocenters. The van der Waals surface area contributed by atoms with Crippen molar-refractivity contribution in [3.8, 4) is 0 Å². The van der Waals surface area contributed by atoms with Gasteiger partial charge < -0.3 is 10.4 Å². The second-order valence-electron chi connectivity index (χ2n) is 3.87. The van der Waals surface area contributed by atoms with Crippen molar-refractivity contribution in [2.45, 2.75) is 32.7 Å². The lowest BCUT2D eigenvalue weighted by Gasteiger charge is -2.33. The lowest BCUT2D eigenvalue weighted by Crippen LogP contribution is -2.40. The van der Waals surface area contributed by atoms with Crippen LogP contribution in [0.3, 0.4) is 0 Å². The molecule has 1 aliphatic carbocycles. The van der Waals surface area contributed by atoms with Crippen LogP contribution in [-0.4, -0.2) is 23.7 Å². The average molecular weight is 183 g/mol. The molecule has 0 aromatic carbocycles. The summed E-state index contributed by atoms with van der Waals surface area (Å²) in [6.07, 6.45) is 4.17. The first-order chi connectivity index (χ1) is 6.09. The van der Waals surface area contributed by atoms with E-state index < -0.39 is 5.97 Å². The molecule has 0 aliphatic heterocycles. The van der Waals surface area contributed by atoms with Crippen LogP contribution >= 0.6 is 0 Å². The standard InChI is InChI=1S/C10H17NO2/c1-7-5-9(6-7)11-4-3-8(2)10(12)13/h3,7,9,11H,4-6H2,1-2H3,(H,12,13)/b8-3-. The smallest absolute Gasteiger partial charge is 0.330 e. The van der Waals surface area contributed by atoms with E-state index in [2.05, 4.69) is 12.2 Å². The summed E-state index contributed by atoms with van der Waals surface area (Å²) in [4.78, 5) is 10.4. The summed E-state index contributed by atoms with van der Waals surface area (Å²) in [5.41, 5.74) is 0.417. The summed E-state index contributed by atoms with van der Waals surface area (Å²) in [6.45, 7) is 4.53. The van der Waals surface area contributed by atoms with Crippen molar-refractivity contribution in [3.05, 3.63) is 11.6 Å². The summed E-state index contributed by atoms with van der Waals surface area (Å²) in [7, 11) is 0. The molecule has 13 heavy (non-hydrogen) atoms. The maximum Gasteiger partial charge on any atom is 0.330 e. The Morgan fingerprint density at radius 1 is 1.62 bits per heavy atom. The van der Waals surface area contributed by atoms with Crippen LogP contribution < -0.4 is 5.32 Å². The Morgan fingerprint density at radius 3 is 2.69 bits per heavy atom. The number of nitrogens with one attached hydrogen (secondary N) is 1. The second kappa shape index (κ2) is 4.42. The lowest BCUT2D eigenvalue weighted by atomic mass is 9.82. The molecule has 74 valence electrons. The predicted molar refractivity (Wildman–Crippen MR) is 51.6 cm³/mol. The Kier molecular flexibility index (Phi) is 3.48. The van der Waals surface area contributed by atoms with Crippen molar-refractivity contribution in [1.82, 2.24) is 5.32 Å². The van der Waals surface area contributed by atoms with Crippen LogP contribution in [0.5, 0.6) is 0 Å². The molecule has 2 N–H and O–H groups in total. The first-order valence-corrected chi connectivity index (χ1v) is 4.73. The van der Waals surface area contributed by atoms with E-state index in [1.165, 1.54) is 12.8 Å². The van der Waals surface area contributed by atoms with Gasteiger partial charge in [-0.25, -0.2) is 4.79 Å². The van der Waals surface area contributed by atoms with E-state index in [0.717, 1.165) is 5.92 Å². The number of rotatable bonds is 4. The van der Waals surface area contributed by atoms with E-state index in [4.69, 9.17) is 5.11 Å². The Labute approximate surface area is 78.8 Å². The zero-order valence-corrected chi connectivity index (χ0v) is 8.21. The molecule has 1 aliphatic rings. The molecule has 0 radical (unpaired) electrons. The van der Waals surface area contributed by atoms with Crippen LogP contribution in [0.25, 0.3) is 0 Å². The second-order valence-corrected chi connectivity index (χ2v) is 3.87. The van der Waals surface area contributed by atoms with Gasteiger partial charge in [0.15, 0.2) is 0 Å². The maximum absolute atomic E-state index is 10.4. The fourth-order valence-electron chi connectivity index (χ4n) is 1.54. The van der Waals surface area contributed by atoms with E-state index in [1.54, 1.807) is 13.0 Å². The van der Waals surface area contributed by atoms with E-state index in [1.807, 2.05) is 0 Å². The third-order valence-corrected chi connectivity index (χ3v) is 2.53. The quantitative estimate of drug-likeness (QED) is 0.648. The Bertz CT molecular complexity index is 217. The van der Waals surface area contributed by atoms with Crippen LogP contribution in [-0.2, 0) is 4.79 Å². The molecule has 1 rings (SSSR count). The van der Waals surface area contributed by atoms with E-state index >= 15 is 0 Å². The van der Waals surface area contributed by atoms with Crippen LogP contribution in [0.2, 0.25) is 0 Å². The van der Waals surface area contributed by atoms with E-state index in [9.17, 15) is 4.79 Å². The van der Waals surface area contributed by atoms with Crippen molar-refractivity contribution >= 4 is 5.97 Å². The predicted octanol–water partition coefficient (Wildman–Crippen LogP) is 1.41. The molecule has 0 aromatic rings. The molecule has 3 heteroatoms. The lowest BCUT2D eigenvalue weighted by molar-refractivity contribution is -0.132. The maximum atomic E-state index is 10.4. The molecule has 0 spiro atoms. The summed E-state index contributed by atoms with van der Waals surface area (Å²) in [5, 5.41) is 11.9. The van der Waals surface area contributed by atoms with E-state index in [-0.39, 0.29) is 0 Å². The zero-order valence-electron chi connectivity index (χ0n) is 8.21. The van der Waals surface area contributed by atoms with Gasteiger partial charge >= 0.3 is 5.97 Å².